The van der Waals surface area contributed by atoms with Crippen LogP contribution in [0.15, 0.2) is 161 Å². The number of methoxy groups -OCH3 is 2. The van der Waals surface area contributed by atoms with Gasteiger partial charge in [0, 0.05) is 92.0 Å². The Morgan fingerprint density at radius 3 is 1.18 bits per heavy atom. The number of fused-ring (bicyclic) bond motifs is 3. The molecule has 20 nitrogen and oxygen atoms in total. The Balaban J connectivity index is 0.000000195. The molecule has 7 N–H and O–H groups in total. The molecule has 0 fully saturated rings. The number of hydrogen-bond acceptors (Lipinski definition) is 17. The highest BCUT2D eigenvalue weighted by molar-refractivity contribution is 9.11. The van der Waals surface area contributed by atoms with Crippen molar-refractivity contribution in [3.63, 3.8) is 0 Å². The first-order chi connectivity index (χ1) is 49.4. The van der Waals surface area contributed by atoms with E-state index in [1.165, 1.54) is 38.7 Å². The van der Waals surface area contributed by atoms with Gasteiger partial charge < -0.3 is 41.0 Å². The highest BCUT2D eigenvalue weighted by atomic mass is 79.9. The maximum atomic E-state index is 13.7. The first kappa shape index (κ1) is 84.0. The predicted octanol–water partition coefficient (Wildman–Crippen LogP) is 16.3. The lowest BCUT2D eigenvalue weighted by Crippen LogP contribution is -2.43. The third kappa shape index (κ3) is 22.0. The van der Waals surface area contributed by atoms with Crippen molar-refractivity contribution in [2.24, 2.45) is 5.73 Å². The number of carbonyl (C=O) groups is 6. The van der Waals surface area contributed by atoms with Crippen LogP contribution in [0.1, 0.15) is 47.8 Å². The molecule has 2 amide bonds. The number of carboxylic acids is 1. The van der Waals surface area contributed by atoms with E-state index in [1.807, 2.05) is 24.3 Å². The lowest BCUT2D eigenvalue weighted by Gasteiger charge is -2.18. The zero-order valence-corrected chi connectivity index (χ0v) is 64.4. The molecular formula is C68H47BBr2Cl11F2N9O11. The molecule has 0 aliphatic rings. The second kappa shape index (κ2) is 39.4. The lowest BCUT2D eigenvalue weighted by atomic mass is 9.80. The van der Waals surface area contributed by atoms with Gasteiger partial charge in [-0.25, -0.2) is 18.4 Å². The van der Waals surface area contributed by atoms with E-state index in [2.05, 4.69) is 77.1 Å². The number of ether oxygens (including phenoxy) is 2. The number of nitrogens with one attached hydrogen (secondary N) is 2. The molecule has 3 heterocycles. The molecule has 0 unspecified atom stereocenters. The van der Waals surface area contributed by atoms with Crippen LogP contribution in [0.3, 0.4) is 0 Å². The zero-order valence-electron chi connectivity index (χ0n) is 52.9. The number of aromatic nitrogens is 6. The molecule has 11 aromatic rings. The highest BCUT2D eigenvalue weighted by Crippen LogP contribution is 2.40. The molecule has 0 aliphatic carbocycles. The van der Waals surface area contributed by atoms with Crippen molar-refractivity contribution in [3.8, 4) is 11.1 Å². The van der Waals surface area contributed by atoms with Crippen molar-refractivity contribution in [2.45, 2.75) is 37.4 Å². The van der Waals surface area contributed by atoms with Gasteiger partial charge in [-0.2, -0.15) is 0 Å². The van der Waals surface area contributed by atoms with Crippen molar-refractivity contribution >= 4 is 240 Å². The fourth-order valence-electron chi connectivity index (χ4n) is 9.59. The molecule has 0 saturated heterocycles. The Morgan fingerprint density at radius 2 is 0.808 bits per heavy atom. The Morgan fingerprint density at radius 1 is 0.471 bits per heavy atom. The fourth-order valence-corrected chi connectivity index (χ4v) is 13.8. The molecule has 3 aromatic heterocycles. The molecule has 104 heavy (non-hydrogen) atoms. The van der Waals surface area contributed by atoms with Crippen molar-refractivity contribution in [3.05, 3.63) is 257 Å². The predicted molar refractivity (Wildman–Crippen MR) is 409 cm³/mol. The fraction of sp³-hybridized carbons (Fsp3) is 0.118. The number of nitrogens with two attached hydrogens (primary N) is 1. The number of carboxylic acid groups (broad SMARTS) is 1. The van der Waals surface area contributed by atoms with Crippen LogP contribution in [0.25, 0.3) is 44.2 Å². The van der Waals surface area contributed by atoms with Gasteiger partial charge in [-0.1, -0.05) is 158 Å². The lowest BCUT2D eigenvalue weighted by molar-refractivity contribution is -0.143. The minimum Gasteiger partial charge on any atom is -0.480 e. The van der Waals surface area contributed by atoms with Gasteiger partial charge in [-0.3, -0.25) is 49.1 Å². The molecule has 36 heteroatoms. The van der Waals surface area contributed by atoms with Crippen molar-refractivity contribution < 1.29 is 62.2 Å². The van der Waals surface area contributed by atoms with Crippen LogP contribution in [-0.2, 0) is 43.1 Å². The van der Waals surface area contributed by atoms with Gasteiger partial charge >= 0.3 is 25.0 Å². The third-order valence-electron chi connectivity index (χ3n) is 14.3. The number of benzene rings is 8. The Labute approximate surface area is 662 Å². The molecule has 0 bridgehead atoms. The number of hydrogen-bond donors (Lipinski definition) is 6. The summed E-state index contributed by atoms with van der Waals surface area (Å²) in [6, 6.07) is 25.9. The van der Waals surface area contributed by atoms with Crippen molar-refractivity contribution in [1.82, 2.24) is 40.5 Å². The summed E-state index contributed by atoms with van der Waals surface area (Å²) in [5, 5.41) is 32.8. The molecule has 3 atom stereocenters. The van der Waals surface area contributed by atoms with Crippen molar-refractivity contribution in [1.29, 1.82) is 0 Å². The molecule has 0 aliphatic heterocycles. The van der Waals surface area contributed by atoms with Crippen LogP contribution < -0.4 is 21.8 Å². The number of rotatable bonds is 16. The number of amides is 2. The zero-order chi connectivity index (χ0) is 76.4. The number of aliphatic carboxylic acids is 1. The highest BCUT2D eigenvalue weighted by Gasteiger charge is 2.29. The molecule has 11 rings (SSSR count). The minimum absolute atomic E-state index is 0.0253. The number of carbonyl (C=O) groups excluding carboxylic acids is 5. The van der Waals surface area contributed by atoms with Gasteiger partial charge in [0.2, 0.25) is 0 Å². The van der Waals surface area contributed by atoms with Gasteiger partial charge in [-0.05, 0) is 133 Å². The average molecular weight is 1760 g/mol. The summed E-state index contributed by atoms with van der Waals surface area (Å²) in [5.74, 6) is -4.81. The Hall–Kier alpha value is -7.25. The van der Waals surface area contributed by atoms with E-state index in [1.54, 1.807) is 79.4 Å². The number of halogens is 15. The Bertz CT molecular complexity index is 4970. The van der Waals surface area contributed by atoms with Gasteiger partial charge in [-0.15, -0.1) is 0 Å². The maximum absolute atomic E-state index is 13.7. The van der Waals surface area contributed by atoms with Gasteiger partial charge in [0.1, 0.15) is 40.8 Å². The van der Waals surface area contributed by atoms with E-state index in [4.69, 9.17) is 148 Å². The number of nitrogens with zero attached hydrogens (tertiary/aromatic N) is 6. The summed E-state index contributed by atoms with van der Waals surface area (Å²) in [4.78, 5) is 97.7. The van der Waals surface area contributed by atoms with Gasteiger partial charge in [0.15, 0.2) is 0 Å². The smallest absolute Gasteiger partial charge is 0.480 e. The molecule has 538 valence electrons. The summed E-state index contributed by atoms with van der Waals surface area (Å²) in [6.07, 6.45) is 9.68. The van der Waals surface area contributed by atoms with E-state index < -0.39 is 71.8 Å². The number of esters is 2. The summed E-state index contributed by atoms with van der Waals surface area (Å²) < 4.78 is 37.3. The van der Waals surface area contributed by atoms with Gasteiger partial charge in [0.25, 0.3) is 17.1 Å². The van der Waals surface area contributed by atoms with E-state index in [-0.39, 0.29) is 85.2 Å². The summed E-state index contributed by atoms with van der Waals surface area (Å²) in [6.45, 7) is 0. The van der Waals surface area contributed by atoms with E-state index in [9.17, 15) is 42.7 Å². The third-order valence-corrected chi connectivity index (χ3v) is 18.9. The van der Waals surface area contributed by atoms with Gasteiger partial charge in [0.05, 0.1) is 93.2 Å². The first-order valence-electron chi connectivity index (χ1n) is 29.3. The molecule has 0 spiro atoms. The van der Waals surface area contributed by atoms with E-state index in [0.717, 1.165) is 55.4 Å². The second-order valence-corrected chi connectivity index (χ2v) is 27.2. The van der Waals surface area contributed by atoms with Crippen LogP contribution in [0.2, 0.25) is 50.2 Å². The van der Waals surface area contributed by atoms with Crippen LogP contribution >= 0.6 is 159 Å². The summed E-state index contributed by atoms with van der Waals surface area (Å²) in [7, 11) is 0.788. The second-order valence-electron chi connectivity index (χ2n) is 21.1. The van der Waals surface area contributed by atoms with E-state index >= 15 is 0 Å². The summed E-state index contributed by atoms with van der Waals surface area (Å²) in [5.41, 5.74) is 12.4. The van der Waals surface area contributed by atoms with Crippen LogP contribution in [0, 0.1) is 11.6 Å². The first-order valence-corrected chi connectivity index (χ1v) is 35.0. The molecule has 0 radical (unpaired) electrons. The van der Waals surface area contributed by atoms with Crippen molar-refractivity contribution in [2.75, 3.05) is 14.2 Å². The van der Waals surface area contributed by atoms with Crippen LogP contribution in [0.5, 0.6) is 0 Å². The minimum atomic E-state index is -1.79. The standard InChI is InChI=1S/C24H14Cl4FN3O3.C19H14BrCl2N3O3.C12H12BrN3O2.C7H3Cl3O.C6H4BCl2FO2/c25-14-2-1-3-15(26)20(14)23(33)32-18(24(34)35)8-11-4-5-13(22-21(11)30-6-7-31-22)19-16(27)9-12(29)10-17(19)28;1-28-19(27)14(25-18(26)15-12(21)3-2-4-13(15)22)9-10-5-6-11(20)17-16(10)23-7-8-24-17;1-18-12(17)9(14)6-7-2-3-8(13)11-10(7)15-4-5-16-11;8-4-2-1-3-5(9)6(4)7(10)11;8-4-1-3(10)2-5(9)6(4)7(11)12/h1-7,9-10,18H,8H2,(H,32,33)(H,34,35);2-8,14H,9H2,1H3,(H,25,26);2-5,9H,6,14H2,1H3;1-3H;1-2,11-12H/t18-;14-;9-;;/m000../s1. The monoisotopic (exact) mass is 1760 g/mol. The van der Waals surface area contributed by atoms with E-state index in [0.29, 0.717) is 45.2 Å². The molecule has 0 saturated carbocycles. The largest absolute Gasteiger partial charge is 0.491 e. The topological polar surface area (TPSA) is 309 Å². The van der Waals surface area contributed by atoms with Crippen LogP contribution in [0.4, 0.5) is 8.78 Å². The maximum Gasteiger partial charge on any atom is 0.491 e. The average Bonchev–Trinajstić information content (AvgIpc) is 0.800. The molecule has 8 aromatic carbocycles. The Kier molecular flexibility index (Phi) is 31.8. The normalized spacial score (nSPS) is 11.5. The quantitative estimate of drug-likeness (QED) is 0.0297. The summed E-state index contributed by atoms with van der Waals surface area (Å²) >= 11 is 71.2. The van der Waals surface area contributed by atoms with Crippen LogP contribution in [-0.4, -0.2) is 119 Å². The SMILES string of the molecule is COC(=O)[C@@H](N)Cc1ccc(Br)c2nccnc12.COC(=O)[C@H](Cc1ccc(Br)c2nccnc12)NC(=O)c1c(Cl)cccc1Cl.O=C(Cl)c1c(Cl)cccc1Cl.O=C(N[C@@H](Cc1ccc(-c2c(Cl)cc(F)cc2Cl)c2nccnc12)C(=O)O)c1c(Cl)cccc1Cl.OB(O)c1c(Cl)cc(F)cc1Cl. The molecular weight excluding hydrogens is 1720 g/mol.